The minimum absolute atomic E-state index is 0.0940. The molecule has 26 heavy (non-hydrogen) atoms. The molecule has 0 fully saturated rings. The summed E-state index contributed by atoms with van der Waals surface area (Å²) in [4.78, 5) is 16.8. The summed E-state index contributed by atoms with van der Waals surface area (Å²) >= 11 is 0. The number of carbonyl (C=O) groups is 1. The second-order valence-electron chi connectivity index (χ2n) is 6.47. The van der Waals surface area contributed by atoms with E-state index in [-0.39, 0.29) is 5.91 Å². The monoisotopic (exact) mass is 348 g/mol. The molecule has 1 N–H and O–H groups in total. The highest BCUT2D eigenvalue weighted by atomic mass is 16.5. The van der Waals surface area contributed by atoms with Crippen LogP contribution in [-0.2, 0) is 17.6 Å². The minimum Gasteiger partial charge on any atom is -0.480 e. The van der Waals surface area contributed by atoms with Gasteiger partial charge in [0.2, 0.25) is 5.89 Å². The second kappa shape index (κ2) is 7.04. The molecule has 1 aromatic heterocycles. The topological polar surface area (TPSA) is 64.4 Å². The lowest BCUT2D eigenvalue weighted by Crippen LogP contribution is -2.38. The van der Waals surface area contributed by atoms with Crippen LogP contribution in [0.15, 0.2) is 59.2 Å². The molecule has 0 aliphatic carbocycles. The average molecular weight is 348 g/mol. The van der Waals surface area contributed by atoms with Crippen LogP contribution in [0.1, 0.15) is 16.8 Å². The summed E-state index contributed by atoms with van der Waals surface area (Å²) in [6.07, 6.45) is 2.42. The van der Waals surface area contributed by atoms with Crippen LogP contribution in [-0.4, -0.2) is 23.5 Å². The Kier molecular flexibility index (Phi) is 4.44. The van der Waals surface area contributed by atoms with Crippen molar-refractivity contribution in [3.05, 3.63) is 71.6 Å². The van der Waals surface area contributed by atoms with Gasteiger partial charge in [-0.1, -0.05) is 35.9 Å². The Hall–Kier alpha value is -3.08. The zero-order chi connectivity index (χ0) is 17.9. The Morgan fingerprint density at radius 1 is 1.19 bits per heavy atom. The predicted octanol–water partition coefficient (Wildman–Crippen LogP) is 3.31. The lowest BCUT2D eigenvalue weighted by atomic mass is 10.1. The maximum atomic E-state index is 12.3. The lowest BCUT2D eigenvalue weighted by molar-refractivity contribution is -0.127. The number of nitrogens with zero attached hydrogens (tertiary/aromatic N) is 1. The van der Waals surface area contributed by atoms with Gasteiger partial charge >= 0.3 is 0 Å². The van der Waals surface area contributed by atoms with Gasteiger partial charge in [-0.25, -0.2) is 4.98 Å². The van der Waals surface area contributed by atoms with Crippen LogP contribution in [0.25, 0.3) is 11.5 Å². The number of fused-ring (bicyclic) bond motifs is 1. The van der Waals surface area contributed by atoms with E-state index in [1.807, 2.05) is 55.5 Å². The number of carbonyl (C=O) groups excluding carboxylic acids is 1. The molecular formula is C21H20N2O3. The molecule has 0 radical (unpaired) electrons. The fourth-order valence-electron chi connectivity index (χ4n) is 3.01. The first-order chi connectivity index (χ1) is 12.7. The van der Waals surface area contributed by atoms with Gasteiger partial charge in [-0.3, -0.25) is 4.79 Å². The predicted molar refractivity (Wildman–Crippen MR) is 98.0 cm³/mol. The largest absolute Gasteiger partial charge is 0.480 e. The SMILES string of the molecule is Cc1ccc(-c2nc(CCNC(=O)[C@@H]3Cc4ccccc4O3)co2)cc1. The number of hydrogen-bond donors (Lipinski definition) is 1. The van der Waals surface area contributed by atoms with Crippen LogP contribution >= 0.6 is 0 Å². The van der Waals surface area contributed by atoms with Crippen molar-refractivity contribution in [1.82, 2.24) is 10.3 Å². The van der Waals surface area contributed by atoms with Crippen molar-refractivity contribution in [2.45, 2.75) is 25.9 Å². The highest BCUT2D eigenvalue weighted by Gasteiger charge is 2.28. The van der Waals surface area contributed by atoms with Crippen LogP contribution in [0, 0.1) is 6.92 Å². The van der Waals surface area contributed by atoms with E-state index in [0.29, 0.717) is 25.3 Å². The standard InChI is InChI=1S/C21H20N2O3/c1-14-6-8-15(9-7-14)21-23-17(13-25-21)10-11-22-20(24)19-12-16-4-2-3-5-18(16)26-19/h2-9,13,19H,10-12H2,1H3,(H,22,24)/t19-/m0/s1. The molecule has 2 aromatic carbocycles. The summed E-state index contributed by atoms with van der Waals surface area (Å²) in [7, 11) is 0. The molecule has 0 saturated heterocycles. The van der Waals surface area contributed by atoms with Gasteiger partial charge in [0.25, 0.3) is 5.91 Å². The molecule has 0 spiro atoms. The molecular weight excluding hydrogens is 328 g/mol. The normalized spacial score (nSPS) is 15.3. The van der Waals surface area contributed by atoms with Gasteiger partial charge in [0, 0.05) is 24.9 Å². The van der Waals surface area contributed by atoms with Gasteiger partial charge in [-0.2, -0.15) is 0 Å². The van der Waals surface area contributed by atoms with E-state index in [4.69, 9.17) is 9.15 Å². The fourth-order valence-corrected chi connectivity index (χ4v) is 3.01. The third-order valence-electron chi connectivity index (χ3n) is 4.47. The highest BCUT2D eigenvalue weighted by molar-refractivity contribution is 5.82. The maximum Gasteiger partial charge on any atom is 0.261 e. The van der Waals surface area contributed by atoms with Gasteiger partial charge in [0.15, 0.2) is 6.10 Å². The van der Waals surface area contributed by atoms with E-state index in [2.05, 4.69) is 10.3 Å². The molecule has 1 aliphatic heterocycles. The smallest absolute Gasteiger partial charge is 0.261 e. The first kappa shape index (κ1) is 16.4. The summed E-state index contributed by atoms with van der Waals surface area (Å²) in [6, 6.07) is 15.8. The van der Waals surface area contributed by atoms with E-state index >= 15 is 0 Å². The Morgan fingerprint density at radius 3 is 2.81 bits per heavy atom. The van der Waals surface area contributed by atoms with E-state index in [9.17, 15) is 4.79 Å². The van der Waals surface area contributed by atoms with Crippen LogP contribution in [0.5, 0.6) is 5.75 Å². The van der Waals surface area contributed by atoms with Crippen LogP contribution in [0.2, 0.25) is 0 Å². The summed E-state index contributed by atoms with van der Waals surface area (Å²) in [5.74, 6) is 1.30. The molecule has 0 unspecified atom stereocenters. The Balaban J connectivity index is 1.29. The van der Waals surface area contributed by atoms with Gasteiger partial charge < -0.3 is 14.5 Å². The fraction of sp³-hybridized carbons (Fsp3) is 0.238. The zero-order valence-electron chi connectivity index (χ0n) is 14.6. The summed E-state index contributed by atoms with van der Waals surface area (Å²) in [5.41, 5.74) is 4.03. The summed E-state index contributed by atoms with van der Waals surface area (Å²) < 4.78 is 11.2. The van der Waals surface area contributed by atoms with Crippen molar-refractivity contribution < 1.29 is 13.9 Å². The van der Waals surface area contributed by atoms with E-state index < -0.39 is 6.10 Å². The number of benzene rings is 2. The maximum absolute atomic E-state index is 12.3. The molecule has 4 rings (SSSR count). The van der Waals surface area contributed by atoms with Crippen molar-refractivity contribution in [1.29, 1.82) is 0 Å². The number of oxazole rings is 1. The minimum atomic E-state index is -0.451. The number of rotatable bonds is 5. The molecule has 0 saturated carbocycles. The quantitative estimate of drug-likeness (QED) is 0.768. The molecule has 1 atom stereocenters. The van der Waals surface area contributed by atoms with Gasteiger partial charge in [-0.05, 0) is 30.7 Å². The second-order valence-corrected chi connectivity index (χ2v) is 6.47. The number of nitrogens with one attached hydrogen (secondary N) is 1. The first-order valence-electron chi connectivity index (χ1n) is 8.73. The van der Waals surface area contributed by atoms with Gasteiger partial charge in [0.05, 0.1) is 5.69 Å². The van der Waals surface area contributed by atoms with Gasteiger partial charge in [-0.15, -0.1) is 0 Å². The van der Waals surface area contributed by atoms with Crippen LogP contribution in [0.3, 0.4) is 0 Å². The number of aromatic nitrogens is 1. The summed E-state index contributed by atoms with van der Waals surface area (Å²) in [6.45, 7) is 2.54. The molecule has 5 heteroatoms. The number of aryl methyl sites for hydroxylation is 1. The molecule has 1 amide bonds. The highest BCUT2D eigenvalue weighted by Crippen LogP contribution is 2.28. The average Bonchev–Trinajstić information content (AvgIpc) is 3.29. The number of ether oxygens (including phenoxy) is 1. The molecule has 0 bridgehead atoms. The van der Waals surface area contributed by atoms with Crippen molar-refractivity contribution >= 4 is 5.91 Å². The van der Waals surface area contributed by atoms with E-state index in [1.54, 1.807) is 6.26 Å². The Bertz CT molecular complexity index is 890. The Labute approximate surface area is 152 Å². The number of para-hydroxylation sites is 1. The Morgan fingerprint density at radius 2 is 2.00 bits per heavy atom. The van der Waals surface area contributed by atoms with E-state index in [1.165, 1.54) is 5.56 Å². The molecule has 1 aliphatic rings. The molecule has 132 valence electrons. The number of hydrogen-bond acceptors (Lipinski definition) is 4. The van der Waals surface area contributed by atoms with Crippen LogP contribution in [0.4, 0.5) is 0 Å². The third kappa shape index (κ3) is 3.47. The van der Waals surface area contributed by atoms with Gasteiger partial charge in [0.1, 0.15) is 12.0 Å². The molecule has 5 nitrogen and oxygen atoms in total. The van der Waals surface area contributed by atoms with E-state index in [0.717, 1.165) is 22.6 Å². The lowest BCUT2D eigenvalue weighted by Gasteiger charge is -2.10. The van der Waals surface area contributed by atoms with Crippen molar-refractivity contribution in [2.24, 2.45) is 0 Å². The zero-order valence-corrected chi connectivity index (χ0v) is 14.6. The van der Waals surface area contributed by atoms with Crippen LogP contribution < -0.4 is 10.1 Å². The third-order valence-corrected chi connectivity index (χ3v) is 4.47. The van der Waals surface area contributed by atoms with Crippen molar-refractivity contribution in [3.8, 4) is 17.2 Å². The van der Waals surface area contributed by atoms with Crippen molar-refractivity contribution in [2.75, 3.05) is 6.54 Å². The molecule has 3 aromatic rings. The molecule has 2 heterocycles. The first-order valence-corrected chi connectivity index (χ1v) is 8.73. The number of amides is 1. The summed E-state index contributed by atoms with van der Waals surface area (Å²) in [5, 5.41) is 2.92. The van der Waals surface area contributed by atoms with Crippen molar-refractivity contribution in [3.63, 3.8) is 0 Å².